The van der Waals surface area contributed by atoms with Crippen LogP contribution in [0, 0.1) is 5.92 Å². The van der Waals surface area contributed by atoms with E-state index in [1.165, 1.54) is 48.7 Å². The molecule has 0 bridgehead atoms. The predicted octanol–water partition coefficient (Wildman–Crippen LogP) is 4.04. The topological polar surface area (TPSA) is 29.3 Å². The van der Waals surface area contributed by atoms with Crippen LogP contribution in [0.5, 0.6) is 0 Å². The fourth-order valence-corrected chi connectivity index (χ4v) is 3.31. The number of likely N-dealkylation sites (tertiary alicyclic amines) is 1. The molecule has 1 heterocycles. The van der Waals surface area contributed by atoms with E-state index < -0.39 is 0 Å². The highest BCUT2D eigenvalue weighted by Gasteiger charge is 2.19. The van der Waals surface area contributed by atoms with E-state index in [0.29, 0.717) is 0 Å². The number of rotatable bonds is 3. The molecule has 0 spiro atoms. The minimum absolute atomic E-state index is 0.866. The molecule has 2 N–H and O–H groups in total. The quantitative estimate of drug-likeness (QED) is 0.851. The molecule has 0 saturated carbocycles. The molecule has 0 radical (unpaired) electrons. The molecule has 1 saturated heterocycles. The van der Waals surface area contributed by atoms with Crippen LogP contribution in [0.1, 0.15) is 31.7 Å². The monoisotopic (exact) mass is 268 g/mol. The first-order valence-corrected chi connectivity index (χ1v) is 7.75. The van der Waals surface area contributed by atoms with Gasteiger partial charge in [-0.25, -0.2) is 0 Å². The zero-order valence-corrected chi connectivity index (χ0v) is 12.3. The smallest absolute Gasteiger partial charge is 0.0366 e. The van der Waals surface area contributed by atoms with Gasteiger partial charge in [0, 0.05) is 18.8 Å². The van der Waals surface area contributed by atoms with Crippen LogP contribution < -0.4 is 5.73 Å². The van der Waals surface area contributed by atoms with E-state index in [1.807, 2.05) is 0 Å². The molecule has 0 aromatic heterocycles. The first-order valence-electron chi connectivity index (χ1n) is 7.75. The van der Waals surface area contributed by atoms with Gasteiger partial charge in [-0.2, -0.15) is 0 Å². The maximum atomic E-state index is 6.24. The summed E-state index contributed by atoms with van der Waals surface area (Å²) in [4.78, 5) is 2.57. The van der Waals surface area contributed by atoms with Crippen molar-refractivity contribution in [2.45, 2.75) is 32.7 Å². The SMILES string of the molecule is CCC1CCCN(Cc2cc3ccccc3cc2N)C1. The minimum atomic E-state index is 0.866. The van der Waals surface area contributed by atoms with E-state index in [9.17, 15) is 0 Å². The Hall–Kier alpha value is -1.54. The fraction of sp³-hybridized carbons (Fsp3) is 0.444. The zero-order valence-electron chi connectivity index (χ0n) is 12.3. The van der Waals surface area contributed by atoms with Gasteiger partial charge in [0.05, 0.1) is 0 Å². The predicted molar refractivity (Wildman–Crippen MR) is 86.7 cm³/mol. The van der Waals surface area contributed by atoms with E-state index in [1.54, 1.807) is 0 Å². The van der Waals surface area contributed by atoms with E-state index in [2.05, 4.69) is 48.2 Å². The molecule has 2 heteroatoms. The molecule has 3 rings (SSSR count). The van der Waals surface area contributed by atoms with Gasteiger partial charge in [-0.05, 0) is 53.8 Å². The molecule has 1 aliphatic rings. The number of nitrogens with two attached hydrogens (primary N) is 1. The molecular weight excluding hydrogens is 244 g/mol. The summed E-state index contributed by atoms with van der Waals surface area (Å²) in [5.74, 6) is 0.866. The Labute approximate surface area is 121 Å². The lowest BCUT2D eigenvalue weighted by Gasteiger charge is -2.32. The Bertz CT molecular complexity index is 591. The van der Waals surface area contributed by atoms with E-state index in [4.69, 9.17) is 5.73 Å². The third-order valence-electron chi connectivity index (χ3n) is 4.58. The summed E-state index contributed by atoms with van der Waals surface area (Å²) in [5.41, 5.74) is 8.46. The van der Waals surface area contributed by atoms with Crippen molar-refractivity contribution in [3.8, 4) is 0 Å². The fourth-order valence-electron chi connectivity index (χ4n) is 3.31. The summed E-state index contributed by atoms with van der Waals surface area (Å²) in [7, 11) is 0. The summed E-state index contributed by atoms with van der Waals surface area (Å²) < 4.78 is 0. The van der Waals surface area contributed by atoms with Gasteiger partial charge >= 0.3 is 0 Å². The van der Waals surface area contributed by atoms with Gasteiger partial charge < -0.3 is 5.73 Å². The third-order valence-corrected chi connectivity index (χ3v) is 4.58. The van der Waals surface area contributed by atoms with Crippen molar-refractivity contribution in [3.63, 3.8) is 0 Å². The normalized spacial score (nSPS) is 20.4. The van der Waals surface area contributed by atoms with Gasteiger partial charge in [0.25, 0.3) is 0 Å². The van der Waals surface area contributed by atoms with Crippen LogP contribution in [0.3, 0.4) is 0 Å². The third kappa shape index (κ3) is 2.80. The minimum Gasteiger partial charge on any atom is -0.398 e. The molecular formula is C18H24N2. The van der Waals surface area contributed by atoms with Gasteiger partial charge in [-0.1, -0.05) is 37.6 Å². The highest BCUT2D eigenvalue weighted by Crippen LogP contribution is 2.26. The van der Waals surface area contributed by atoms with Crippen LogP contribution >= 0.6 is 0 Å². The van der Waals surface area contributed by atoms with Crippen molar-refractivity contribution in [3.05, 3.63) is 42.0 Å². The summed E-state index contributed by atoms with van der Waals surface area (Å²) in [6.45, 7) is 5.73. The van der Waals surface area contributed by atoms with E-state index in [0.717, 1.165) is 18.2 Å². The number of benzene rings is 2. The Morgan fingerprint density at radius 1 is 1.20 bits per heavy atom. The van der Waals surface area contributed by atoms with Crippen molar-refractivity contribution in [1.29, 1.82) is 0 Å². The molecule has 20 heavy (non-hydrogen) atoms. The molecule has 1 atom stereocenters. The van der Waals surface area contributed by atoms with Crippen molar-refractivity contribution in [1.82, 2.24) is 4.90 Å². The maximum Gasteiger partial charge on any atom is 0.0366 e. The molecule has 0 amide bonds. The first kappa shape index (κ1) is 13.4. The Kier molecular flexibility index (Phi) is 3.93. The first-order chi connectivity index (χ1) is 9.76. The molecule has 106 valence electrons. The Morgan fingerprint density at radius 2 is 1.95 bits per heavy atom. The van der Waals surface area contributed by atoms with Crippen LogP contribution in [0.4, 0.5) is 5.69 Å². The molecule has 2 aromatic carbocycles. The number of anilines is 1. The van der Waals surface area contributed by atoms with Gasteiger partial charge in [-0.3, -0.25) is 4.90 Å². The molecule has 2 nitrogen and oxygen atoms in total. The lowest BCUT2D eigenvalue weighted by Crippen LogP contribution is -2.34. The van der Waals surface area contributed by atoms with Gasteiger partial charge in [0.15, 0.2) is 0 Å². The second-order valence-corrected chi connectivity index (χ2v) is 6.05. The highest BCUT2D eigenvalue weighted by atomic mass is 15.1. The highest BCUT2D eigenvalue weighted by molar-refractivity contribution is 5.86. The Morgan fingerprint density at radius 3 is 2.70 bits per heavy atom. The van der Waals surface area contributed by atoms with E-state index >= 15 is 0 Å². The molecule has 1 unspecified atom stereocenters. The lowest BCUT2D eigenvalue weighted by molar-refractivity contribution is 0.165. The van der Waals surface area contributed by atoms with Crippen molar-refractivity contribution >= 4 is 16.5 Å². The molecule has 0 aliphatic carbocycles. The van der Waals surface area contributed by atoms with Gasteiger partial charge in [0.1, 0.15) is 0 Å². The van der Waals surface area contributed by atoms with Crippen LogP contribution in [0.15, 0.2) is 36.4 Å². The number of piperidine rings is 1. The van der Waals surface area contributed by atoms with Crippen molar-refractivity contribution < 1.29 is 0 Å². The number of nitrogens with zero attached hydrogens (tertiary/aromatic N) is 1. The zero-order chi connectivity index (χ0) is 13.9. The number of fused-ring (bicyclic) bond motifs is 1. The molecule has 2 aromatic rings. The maximum absolute atomic E-state index is 6.24. The summed E-state index contributed by atoms with van der Waals surface area (Å²) in [6.07, 6.45) is 4.01. The lowest BCUT2D eigenvalue weighted by atomic mass is 9.95. The number of hydrogen-bond donors (Lipinski definition) is 1. The van der Waals surface area contributed by atoms with Crippen LogP contribution in [-0.4, -0.2) is 18.0 Å². The largest absolute Gasteiger partial charge is 0.398 e. The van der Waals surface area contributed by atoms with Crippen molar-refractivity contribution in [2.24, 2.45) is 5.92 Å². The summed E-state index contributed by atoms with van der Waals surface area (Å²) in [5, 5.41) is 2.53. The second-order valence-electron chi connectivity index (χ2n) is 6.05. The average molecular weight is 268 g/mol. The second kappa shape index (κ2) is 5.84. The molecule has 1 aliphatic heterocycles. The summed E-state index contributed by atoms with van der Waals surface area (Å²) in [6, 6.07) is 12.8. The van der Waals surface area contributed by atoms with Crippen molar-refractivity contribution in [2.75, 3.05) is 18.8 Å². The average Bonchev–Trinajstić information content (AvgIpc) is 2.48. The summed E-state index contributed by atoms with van der Waals surface area (Å²) >= 11 is 0. The van der Waals surface area contributed by atoms with Gasteiger partial charge in [-0.15, -0.1) is 0 Å². The van der Waals surface area contributed by atoms with E-state index in [-0.39, 0.29) is 0 Å². The Balaban J connectivity index is 1.81. The molecule has 1 fully saturated rings. The number of nitrogen functional groups attached to an aromatic ring is 1. The van der Waals surface area contributed by atoms with Crippen LogP contribution in [0.2, 0.25) is 0 Å². The van der Waals surface area contributed by atoms with Gasteiger partial charge in [0.2, 0.25) is 0 Å². The number of hydrogen-bond acceptors (Lipinski definition) is 2. The van der Waals surface area contributed by atoms with Crippen LogP contribution in [0.25, 0.3) is 10.8 Å². The standard InChI is InChI=1S/C18H24N2/c1-2-14-6-5-9-20(12-14)13-17-10-15-7-3-4-8-16(15)11-18(17)19/h3-4,7-8,10-11,14H,2,5-6,9,12-13,19H2,1H3. The van der Waals surface area contributed by atoms with Crippen LogP contribution in [-0.2, 0) is 6.54 Å².